The first kappa shape index (κ1) is 21.1. The molecule has 1 aromatic heterocycles. The molecule has 2 N–H and O–H groups in total. The van der Waals surface area contributed by atoms with E-state index in [2.05, 4.69) is 0 Å². The molecule has 8 nitrogen and oxygen atoms in total. The third kappa shape index (κ3) is 4.18. The smallest absolute Gasteiger partial charge is 0.340 e. The molecule has 0 aliphatic rings. The molecular formula is C21H18ClN3O5. The maximum atomic E-state index is 12.7. The van der Waals surface area contributed by atoms with Crippen molar-refractivity contribution < 1.29 is 14.3 Å². The maximum Gasteiger partial charge on any atom is 0.340 e. The molecule has 0 bridgehead atoms. The molecule has 3 aromatic rings. The van der Waals surface area contributed by atoms with E-state index in [0.29, 0.717) is 0 Å². The average Bonchev–Trinajstić information content (AvgIpc) is 2.75. The van der Waals surface area contributed by atoms with E-state index in [4.69, 9.17) is 22.1 Å². The van der Waals surface area contributed by atoms with Crippen LogP contribution in [0.3, 0.4) is 0 Å². The van der Waals surface area contributed by atoms with Crippen molar-refractivity contribution in [2.75, 3.05) is 12.3 Å². The van der Waals surface area contributed by atoms with Gasteiger partial charge < -0.3 is 10.5 Å². The van der Waals surface area contributed by atoms with Crippen molar-refractivity contribution in [1.29, 1.82) is 0 Å². The van der Waals surface area contributed by atoms with Gasteiger partial charge in [-0.15, -0.1) is 0 Å². The molecule has 0 aliphatic heterocycles. The molecule has 0 fully saturated rings. The molecule has 30 heavy (non-hydrogen) atoms. The number of aromatic nitrogens is 2. The van der Waals surface area contributed by atoms with Crippen LogP contribution in [-0.4, -0.2) is 27.5 Å². The number of benzene rings is 2. The summed E-state index contributed by atoms with van der Waals surface area (Å²) >= 11 is 5.94. The quantitative estimate of drug-likeness (QED) is 0.474. The summed E-state index contributed by atoms with van der Waals surface area (Å²) < 4.78 is 6.92. The second-order valence-electron chi connectivity index (χ2n) is 6.46. The summed E-state index contributed by atoms with van der Waals surface area (Å²) in [5.41, 5.74) is 4.92. The molecule has 0 amide bonds. The maximum absolute atomic E-state index is 12.7. The van der Waals surface area contributed by atoms with Gasteiger partial charge in [-0.2, -0.15) is 0 Å². The Labute approximate surface area is 176 Å². The van der Waals surface area contributed by atoms with Gasteiger partial charge in [-0.3, -0.25) is 18.7 Å². The third-order valence-corrected chi connectivity index (χ3v) is 4.80. The van der Waals surface area contributed by atoms with Gasteiger partial charge in [0.25, 0.3) is 5.56 Å². The van der Waals surface area contributed by atoms with E-state index in [1.54, 1.807) is 36.4 Å². The molecule has 0 atom stereocenters. The highest BCUT2D eigenvalue weighted by Gasteiger charge is 2.23. The topological polar surface area (TPSA) is 113 Å². The first-order valence-corrected chi connectivity index (χ1v) is 9.27. The van der Waals surface area contributed by atoms with Crippen LogP contribution in [-0.2, 0) is 18.3 Å². The van der Waals surface area contributed by atoms with E-state index < -0.39 is 35.2 Å². The summed E-state index contributed by atoms with van der Waals surface area (Å²) in [4.78, 5) is 49.9. The van der Waals surface area contributed by atoms with Crippen LogP contribution < -0.4 is 17.0 Å². The van der Waals surface area contributed by atoms with E-state index in [0.717, 1.165) is 14.7 Å². The van der Waals surface area contributed by atoms with Crippen LogP contribution in [0, 0.1) is 0 Å². The van der Waals surface area contributed by atoms with Gasteiger partial charge in [0.15, 0.2) is 6.61 Å². The highest BCUT2D eigenvalue weighted by atomic mass is 35.5. The number of anilines is 1. The fourth-order valence-corrected chi connectivity index (χ4v) is 3.08. The van der Waals surface area contributed by atoms with Crippen LogP contribution in [0.5, 0.6) is 0 Å². The molecule has 0 aliphatic carbocycles. The molecule has 0 radical (unpaired) electrons. The summed E-state index contributed by atoms with van der Waals surface area (Å²) in [6, 6.07) is 15.2. The summed E-state index contributed by atoms with van der Waals surface area (Å²) in [6.07, 6.45) is 0. The number of carbonyl (C=O) groups is 2. The SMILES string of the molecule is Cn1c(=O)c(C(=O)COC(=O)c2ccccc2Cl)c(N)n(Cc2ccccc2)c1=O. The number of carbonyl (C=O) groups excluding carboxylic acids is 2. The van der Waals surface area contributed by atoms with E-state index >= 15 is 0 Å². The molecule has 3 rings (SSSR count). The van der Waals surface area contributed by atoms with E-state index in [1.807, 2.05) is 6.07 Å². The van der Waals surface area contributed by atoms with Crippen molar-refractivity contribution in [2.24, 2.45) is 7.05 Å². The van der Waals surface area contributed by atoms with Crippen LogP contribution in [0.2, 0.25) is 5.02 Å². The highest BCUT2D eigenvalue weighted by molar-refractivity contribution is 6.33. The Hall–Kier alpha value is -3.65. The lowest BCUT2D eigenvalue weighted by atomic mass is 10.1. The number of halogens is 1. The normalized spacial score (nSPS) is 10.6. The van der Waals surface area contributed by atoms with E-state index in [9.17, 15) is 19.2 Å². The highest BCUT2D eigenvalue weighted by Crippen LogP contribution is 2.16. The van der Waals surface area contributed by atoms with E-state index in [-0.39, 0.29) is 22.9 Å². The van der Waals surface area contributed by atoms with Gasteiger partial charge in [-0.1, -0.05) is 54.1 Å². The van der Waals surface area contributed by atoms with Gasteiger partial charge in [0.2, 0.25) is 5.78 Å². The summed E-state index contributed by atoms with van der Waals surface area (Å²) in [5.74, 6) is -1.93. The second-order valence-corrected chi connectivity index (χ2v) is 6.87. The van der Waals surface area contributed by atoms with Crippen molar-refractivity contribution >= 4 is 29.2 Å². The molecule has 0 saturated carbocycles. The van der Waals surface area contributed by atoms with Gasteiger partial charge >= 0.3 is 11.7 Å². The minimum atomic E-state index is -0.861. The molecular weight excluding hydrogens is 410 g/mol. The lowest BCUT2D eigenvalue weighted by Crippen LogP contribution is -2.43. The summed E-state index contributed by atoms with van der Waals surface area (Å²) in [5, 5.41) is 0.168. The minimum absolute atomic E-state index is 0.0688. The lowest BCUT2D eigenvalue weighted by molar-refractivity contribution is 0.0474. The molecule has 2 aromatic carbocycles. The largest absolute Gasteiger partial charge is 0.454 e. The Morgan fingerprint density at radius 2 is 1.67 bits per heavy atom. The van der Waals surface area contributed by atoms with Crippen molar-refractivity contribution in [3.63, 3.8) is 0 Å². The Balaban J connectivity index is 1.90. The zero-order valence-electron chi connectivity index (χ0n) is 16.0. The third-order valence-electron chi connectivity index (χ3n) is 4.47. The molecule has 9 heteroatoms. The number of hydrogen-bond donors (Lipinski definition) is 1. The number of hydrogen-bond acceptors (Lipinski definition) is 6. The number of nitrogens with zero attached hydrogens (tertiary/aromatic N) is 2. The molecule has 0 spiro atoms. The number of ketones is 1. The molecule has 154 valence electrons. The van der Waals surface area contributed by atoms with Crippen LogP contribution in [0.25, 0.3) is 0 Å². The van der Waals surface area contributed by atoms with Crippen LogP contribution >= 0.6 is 11.6 Å². The van der Waals surface area contributed by atoms with Crippen molar-refractivity contribution in [3.8, 4) is 0 Å². The second kappa shape index (κ2) is 8.79. The zero-order chi connectivity index (χ0) is 21.8. The number of Topliss-reactive ketones (excluding diaryl/α,β-unsaturated/α-hetero) is 1. The van der Waals surface area contributed by atoms with E-state index in [1.165, 1.54) is 19.2 Å². The van der Waals surface area contributed by atoms with Gasteiger partial charge in [-0.05, 0) is 17.7 Å². The van der Waals surface area contributed by atoms with Crippen LogP contribution in [0.15, 0.2) is 64.2 Å². The van der Waals surface area contributed by atoms with Crippen molar-refractivity contribution in [3.05, 3.63) is 97.1 Å². The number of nitrogens with two attached hydrogens (primary N) is 1. The van der Waals surface area contributed by atoms with Gasteiger partial charge in [0.1, 0.15) is 11.4 Å². The Morgan fingerprint density at radius 1 is 1.03 bits per heavy atom. The predicted octanol–water partition coefficient (Wildman–Crippen LogP) is 1.87. The zero-order valence-corrected chi connectivity index (χ0v) is 16.8. The molecule has 0 unspecified atom stereocenters. The number of esters is 1. The lowest BCUT2D eigenvalue weighted by Gasteiger charge is -2.15. The molecule has 0 saturated heterocycles. The fraction of sp³-hybridized carbons (Fsp3) is 0.143. The summed E-state index contributed by atoms with van der Waals surface area (Å²) in [7, 11) is 1.25. The Bertz CT molecular complexity index is 1230. The first-order valence-electron chi connectivity index (χ1n) is 8.89. The Morgan fingerprint density at radius 3 is 2.33 bits per heavy atom. The number of ether oxygens (including phenoxy) is 1. The van der Waals surface area contributed by atoms with Gasteiger partial charge in [0.05, 0.1) is 17.1 Å². The number of nitrogen functional groups attached to an aromatic ring is 1. The average molecular weight is 428 g/mol. The monoisotopic (exact) mass is 427 g/mol. The first-order chi connectivity index (χ1) is 14.3. The fourth-order valence-electron chi connectivity index (χ4n) is 2.87. The van der Waals surface area contributed by atoms with Crippen LogP contribution in [0.4, 0.5) is 5.82 Å². The van der Waals surface area contributed by atoms with Gasteiger partial charge in [0, 0.05) is 7.05 Å². The van der Waals surface area contributed by atoms with Crippen LogP contribution in [0.1, 0.15) is 26.3 Å². The molecule has 1 heterocycles. The van der Waals surface area contributed by atoms with Crippen molar-refractivity contribution in [1.82, 2.24) is 9.13 Å². The van der Waals surface area contributed by atoms with Crippen molar-refractivity contribution in [2.45, 2.75) is 6.54 Å². The summed E-state index contributed by atoms with van der Waals surface area (Å²) in [6.45, 7) is -0.660. The Kier molecular flexibility index (Phi) is 6.17. The standard InChI is InChI=1S/C21H18ClN3O5/c1-24-19(27)17(16(26)12-30-20(28)14-9-5-6-10-15(14)22)18(23)25(21(24)29)11-13-7-3-2-4-8-13/h2-10H,11-12,23H2,1H3. The minimum Gasteiger partial charge on any atom is -0.454 e. The predicted molar refractivity (Wildman–Crippen MR) is 112 cm³/mol. The van der Waals surface area contributed by atoms with Gasteiger partial charge in [-0.25, -0.2) is 9.59 Å². The number of rotatable bonds is 6.